The molecule has 1 spiro atoms. The molecule has 1 heterocycles. The molecule has 11 heavy (non-hydrogen) atoms. The fraction of sp³-hybridized carbons (Fsp3) is 1.00. The Kier molecular flexibility index (Phi) is 2.12. The molecule has 0 radical (unpaired) electrons. The Morgan fingerprint density at radius 1 is 1.45 bits per heavy atom. The number of ether oxygens (including phenoxy) is 1. The van der Waals surface area contributed by atoms with Gasteiger partial charge in [0.05, 0.1) is 12.7 Å². The van der Waals surface area contributed by atoms with Crippen LogP contribution in [-0.2, 0) is 4.74 Å². The second-order valence-corrected chi connectivity index (χ2v) is 4.66. The molecule has 1 N–H and O–H groups in total. The molecule has 0 bridgehead atoms. The molecule has 2 nitrogen and oxygen atoms in total. The van der Waals surface area contributed by atoms with Gasteiger partial charge in [0, 0.05) is 5.75 Å². The quantitative estimate of drug-likeness (QED) is 0.601. The molecule has 1 saturated heterocycles. The summed E-state index contributed by atoms with van der Waals surface area (Å²) in [4.78, 5) is -0.196. The number of thioether (sulfide) groups is 1. The van der Waals surface area contributed by atoms with E-state index in [2.05, 4.69) is 0 Å². The first-order valence-corrected chi connectivity index (χ1v) is 5.28. The van der Waals surface area contributed by atoms with Crippen molar-refractivity contribution in [2.45, 2.75) is 36.7 Å². The van der Waals surface area contributed by atoms with Crippen molar-refractivity contribution in [1.29, 1.82) is 0 Å². The minimum Gasteiger partial charge on any atom is -0.389 e. The number of aliphatic hydroxyl groups is 1. The Bertz CT molecular complexity index is 143. The molecule has 2 fully saturated rings. The molecule has 2 rings (SSSR count). The van der Waals surface area contributed by atoms with Crippen LogP contribution in [0, 0.1) is 0 Å². The van der Waals surface area contributed by atoms with Crippen LogP contribution >= 0.6 is 11.8 Å². The van der Waals surface area contributed by atoms with Gasteiger partial charge in [0.2, 0.25) is 0 Å². The fourth-order valence-corrected chi connectivity index (χ4v) is 3.18. The predicted molar refractivity (Wildman–Crippen MR) is 45.6 cm³/mol. The van der Waals surface area contributed by atoms with Crippen LogP contribution in [0.1, 0.15) is 25.7 Å². The number of rotatable bonds is 0. The summed E-state index contributed by atoms with van der Waals surface area (Å²) < 4.78 is 5.61. The van der Waals surface area contributed by atoms with Gasteiger partial charge in [-0.15, -0.1) is 11.8 Å². The number of hydrogen-bond donors (Lipinski definition) is 1. The maximum atomic E-state index is 9.71. The molecule has 1 aliphatic heterocycles. The maximum Gasteiger partial charge on any atom is 0.139 e. The molecular weight excluding hydrogens is 160 g/mol. The number of aliphatic hydroxyl groups excluding tert-OH is 1. The average molecular weight is 174 g/mol. The van der Waals surface area contributed by atoms with E-state index in [0.717, 1.165) is 31.6 Å². The third kappa shape index (κ3) is 1.30. The molecule has 0 unspecified atom stereocenters. The zero-order valence-corrected chi connectivity index (χ0v) is 7.40. The van der Waals surface area contributed by atoms with E-state index in [1.807, 2.05) is 0 Å². The minimum absolute atomic E-state index is 0.196. The highest BCUT2D eigenvalue weighted by Gasteiger charge is 2.44. The van der Waals surface area contributed by atoms with E-state index in [1.165, 1.54) is 6.42 Å². The topological polar surface area (TPSA) is 29.5 Å². The average Bonchev–Trinajstić information content (AvgIpc) is 2.46. The van der Waals surface area contributed by atoms with Gasteiger partial charge in [0.15, 0.2) is 0 Å². The SMILES string of the molecule is O[C@H]1CCCC[C@]12OCCS2. The van der Waals surface area contributed by atoms with Crippen molar-refractivity contribution in [2.24, 2.45) is 0 Å². The van der Waals surface area contributed by atoms with Crippen LogP contribution in [0.15, 0.2) is 0 Å². The van der Waals surface area contributed by atoms with Crippen LogP contribution in [0.3, 0.4) is 0 Å². The first-order valence-electron chi connectivity index (χ1n) is 4.29. The van der Waals surface area contributed by atoms with Crippen LogP contribution in [-0.4, -0.2) is 28.5 Å². The molecule has 1 aliphatic carbocycles. The molecule has 2 atom stereocenters. The second kappa shape index (κ2) is 2.96. The van der Waals surface area contributed by atoms with Gasteiger partial charge in [-0.25, -0.2) is 0 Å². The van der Waals surface area contributed by atoms with Crippen LogP contribution in [0.4, 0.5) is 0 Å². The van der Waals surface area contributed by atoms with Crippen LogP contribution in [0.25, 0.3) is 0 Å². The largest absolute Gasteiger partial charge is 0.389 e. The van der Waals surface area contributed by atoms with Gasteiger partial charge in [0.25, 0.3) is 0 Å². The zero-order chi connectivity index (χ0) is 7.73. The van der Waals surface area contributed by atoms with E-state index < -0.39 is 0 Å². The summed E-state index contributed by atoms with van der Waals surface area (Å²) in [5.74, 6) is 1.05. The van der Waals surface area contributed by atoms with Crippen LogP contribution < -0.4 is 0 Å². The van der Waals surface area contributed by atoms with Gasteiger partial charge in [-0.3, -0.25) is 0 Å². The molecule has 0 aromatic rings. The molecule has 0 aromatic heterocycles. The van der Waals surface area contributed by atoms with Gasteiger partial charge in [-0.1, -0.05) is 6.42 Å². The van der Waals surface area contributed by atoms with Gasteiger partial charge >= 0.3 is 0 Å². The summed E-state index contributed by atoms with van der Waals surface area (Å²) in [5, 5.41) is 9.71. The van der Waals surface area contributed by atoms with Crippen molar-refractivity contribution in [1.82, 2.24) is 0 Å². The number of hydrogen-bond acceptors (Lipinski definition) is 3. The first kappa shape index (κ1) is 7.90. The van der Waals surface area contributed by atoms with E-state index in [1.54, 1.807) is 11.8 Å². The normalized spacial score (nSPS) is 45.0. The summed E-state index contributed by atoms with van der Waals surface area (Å²) in [7, 11) is 0. The zero-order valence-electron chi connectivity index (χ0n) is 6.58. The van der Waals surface area contributed by atoms with Crippen molar-refractivity contribution in [3.8, 4) is 0 Å². The smallest absolute Gasteiger partial charge is 0.139 e. The molecular formula is C8H14O2S. The van der Waals surface area contributed by atoms with Gasteiger partial charge < -0.3 is 9.84 Å². The van der Waals surface area contributed by atoms with E-state index in [4.69, 9.17) is 4.74 Å². The highest BCUT2D eigenvalue weighted by atomic mass is 32.2. The van der Waals surface area contributed by atoms with E-state index in [-0.39, 0.29) is 11.0 Å². The summed E-state index contributed by atoms with van der Waals surface area (Å²) in [6.07, 6.45) is 4.12. The van der Waals surface area contributed by atoms with Crippen LogP contribution in [0.2, 0.25) is 0 Å². The summed E-state index contributed by atoms with van der Waals surface area (Å²) >= 11 is 1.80. The standard InChI is InChI=1S/C8H14O2S/c9-7-3-1-2-4-8(7)10-5-6-11-8/h7,9H,1-6H2/t7-,8+/m0/s1. The molecule has 64 valence electrons. The highest BCUT2D eigenvalue weighted by Crippen LogP contribution is 2.44. The van der Waals surface area contributed by atoms with Crippen molar-refractivity contribution in [2.75, 3.05) is 12.4 Å². The molecule has 1 saturated carbocycles. The summed E-state index contributed by atoms with van der Waals surface area (Å²) in [6.45, 7) is 0.821. The van der Waals surface area contributed by atoms with E-state index in [9.17, 15) is 5.11 Å². The lowest BCUT2D eigenvalue weighted by molar-refractivity contribution is -0.0683. The molecule has 2 aliphatic rings. The third-order valence-corrected chi connectivity index (χ3v) is 3.99. The Morgan fingerprint density at radius 3 is 3.00 bits per heavy atom. The van der Waals surface area contributed by atoms with Gasteiger partial charge in [-0.2, -0.15) is 0 Å². The lowest BCUT2D eigenvalue weighted by atomic mass is 9.94. The van der Waals surface area contributed by atoms with Crippen molar-refractivity contribution in [3.63, 3.8) is 0 Å². The van der Waals surface area contributed by atoms with Crippen molar-refractivity contribution < 1.29 is 9.84 Å². The predicted octanol–water partition coefficient (Wildman–Crippen LogP) is 1.38. The molecule has 0 aromatic carbocycles. The lowest BCUT2D eigenvalue weighted by Gasteiger charge is -2.36. The Hall–Kier alpha value is 0.270. The first-order chi connectivity index (χ1) is 5.33. The molecule has 3 heteroatoms. The molecule has 0 amide bonds. The summed E-state index contributed by atoms with van der Waals surface area (Å²) in [6, 6.07) is 0. The van der Waals surface area contributed by atoms with Crippen LogP contribution in [0.5, 0.6) is 0 Å². The minimum atomic E-state index is -0.219. The third-order valence-electron chi connectivity index (χ3n) is 2.54. The fourth-order valence-electron chi connectivity index (χ4n) is 1.90. The van der Waals surface area contributed by atoms with E-state index >= 15 is 0 Å². The van der Waals surface area contributed by atoms with E-state index in [0.29, 0.717) is 0 Å². The van der Waals surface area contributed by atoms with Gasteiger partial charge in [0.1, 0.15) is 4.93 Å². The highest BCUT2D eigenvalue weighted by molar-refractivity contribution is 8.00. The second-order valence-electron chi connectivity index (χ2n) is 3.27. The monoisotopic (exact) mass is 174 g/mol. The Balaban J connectivity index is 2.07. The Labute approximate surface area is 71.3 Å². The lowest BCUT2D eigenvalue weighted by Crippen LogP contribution is -2.41. The maximum absolute atomic E-state index is 9.71. The van der Waals surface area contributed by atoms with Crippen molar-refractivity contribution >= 4 is 11.8 Å². The van der Waals surface area contributed by atoms with Crippen molar-refractivity contribution in [3.05, 3.63) is 0 Å². The van der Waals surface area contributed by atoms with Gasteiger partial charge in [-0.05, 0) is 19.3 Å². The summed E-state index contributed by atoms with van der Waals surface area (Å²) in [5.41, 5.74) is 0. The Morgan fingerprint density at radius 2 is 2.36 bits per heavy atom.